The average Bonchev–Trinajstić information content (AvgIpc) is 2.49. The van der Waals surface area contributed by atoms with Gasteiger partial charge in [-0.3, -0.25) is 0 Å². The van der Waals surface area contributed by atoms with E-state index in [4.69, 9.17) is 4.74 Å². The van der Waals surface area contributed by atoms with Crippen molar-refractivity contribution in [2.24, 2.45) is 5.92 Å². The van der Waals surface area contributed by atoms with E-state index >= 15 is 0 Å². The first-order chi connectivity index (χ1) is 8.29. The third-order valence-electron chi connectivity index (χ3n) is 3.73. The van der Waals surface area contributed by atoms with Gasteiger partial charge in [0.05, 0.1) is 0 Å². The summed E-state index contributed by atoms with van der Waals surface area (Å²) in [5.74, 6) is -1.59. The van der Waals surface area contributed by atoms with Crippen LogP contribution in [0.3, 0.4) is 0 Å². The second-order valence-corrected chi connectivity index (χ2v) is 6.19. The first kappa shape index (κ1) is 13.2. The largest absolute Gasteiger partial charge is 0.550 e. The van der Waals surface area contributed by atoms with E-state index < -0.39 is 17.5 Å². The van der Waals surface area contributed by atoms with Crippen molar-refractivity contribution in [1.29, 1.82) is 0 Å². The van der Waals surface area contributed by atoms with Crippen molar-refractivity contribution < 1.29 is 19.4 Å². The lowest BCUT2D eigenvalue weighted by atomic mass is 9.90. The predicted octanol–water partition coefficient (Wildman–Crippen LogP) is 0.914. The first-order valence-corrected chi connectivity index (χ1v) is 6.52. The fourth-order valence-corrected chi connectivity index (χ4v) is 3.03. The van der Waals surface area contributed by atoms with Crippen LogP contribution in [0.1, 0.15) is 46.5 Å². The van der Waals surface area contributed by atoms with Crippen LogP contribution in [0.4, 0.5) is 4.79 Å². The van der Waals surface area contributed by atoms with Gasteiger partial charge in [0.2, 0.25) is 0 Å². The van der Waals surface area contributed by atoms with Gasteiger partial charge >= 0.3 is 6.09 Å². The summed E-state index contributed by atoms with van der Waals surface area (Å²) in [5, 5.41) is 11.1. The van der Waals surface area contributed by atoms with Gasteiger partial charge in [0.25, 0.3) is 0 Å². The molecule has 2 heterocycles. The fourth-order valence-electron chi connectivity index (χ4n) is 3.03. The number of fused-ring (bicyclic) bond motifs is 2. The van der Waals surface area contributed by atoms with E-state index in [1.807, 2.05) is 20.8 Å². The molecule has 0 saturated carbocycles. The topological polar surface area (TPSA) is 69.7 Å². The smallest absolute Gasteiger partial charge is 0.410 e. The number of piperidine rings is 1. The van der Waals surface area contributed by atoms with E-state index in [0.717, 1.165) is 19.3 Å². The molecule has 0 aromatic rings. The number of aliphatic carboxylic acids is 1. The van der Waals surface area contributed by atoms with Crippen molar-refractivity contribution in [2.45, 2.75) is 64.1 Å². The number of nitrogens with zero attached hydrogens (tertiary/aromatic N) is 1. The molecule has 2 aliphatic heterocycles. The molecule has 3 unspecified atom stereocenters. The summed E-state index contributed by atoms with van der Waals surface area (Å²) in [5.41, 5.74) is -0.551. The van der Waals surface area contributed by atoms with E-state index in [9.17, 15) is 14.7 Å². The number of carbonyl (C=O) groups excluding carboxylic acids is 2. The number of carboxylic acids is 1. The van der Waals surface area contributed by atoms with E-state index in [2.05, 4.69) is 0 Å². The second kappa shape index (κ2) is 4.44. The third-order valence-corrected chi connectivity index (χ3v) is 3.73. The second-order valence-electron chi connectivity index (χ2n) is 6.19. The molecular weight excluding hydrogens is 234 g/mol. The van der Waals surface area contributed by atoms with Gasteiger partial charge in [-0.05, 0) is 46.5 Å². The molecule has 0 N–H and O–H groups in total. The molecule has 2 fully saturated rings. The monoisotopic (exact) mass is 254 g/mol. The van der Waals surface area contributed by atoms with Gasteiger partial charge < -0.3 is 19.5 Å². The molecule has 18 heavy (non-hydrogen) atoms. The minimum absolute atomic E-state index is 0.139. The Hall–Kier alpha value is -1.26. The Kier molecular flexibility index (Phi) is 3.25. The summed E-state index contributed by atoms with van der Waals surface area (Å²) in [6, 6.07) is -0.107. The van der Waals surface area contributed by atoms with Crippen LogP contribution in [-0.2, 0) is 9.53 Å². The standard InChI is InChI=1S/C13H21NO4/c1-13(2,3)18-12(17)14-8-4-6-9(11(15)16)10(14)7-5-8/h8-10H,4-7H2,1-3H3,(H,15,16)/p-1. The van der Waals surface area contributed by atoms with Crippen LogP contribution in [0, 0.1) is 5.92 Å². The zero-order chi connectivity index (χ0) is 13.5. The van der Waals surface area contributed by atoms with Gasteiger partial charge in [-0.1, -0.05) is 0 Å². The normalized spacial score (nSPS) is 31.3. The lowest BCUT2D eigenvalue weighted by molar-refractivity contribution is -0.314. The van der Waals surface area contributed by atoms with Gasteiger partial charge in [0.1, 0.15) is 5.60 Å². The minimum Gasteiger partial charge on any atom is -0.550 e. The molecule has 2 aliphatic rings. The number of carboxylic acid groups (broad SMARTS) is 1. The molecule has 0 aromatic carbocycles. The van der Waals surface area contributed by atoms with Crippen molar-refractivity contribution in [1.82, 2.24) is 4.90 Å². The summed E-state index contributed by atoms with van der Waals surface area (Å²) >= 11 is 0. The van der Waals surface area contributed by atoms with Crippen LogP contribution in [0.2, 0.25) is 0 Å². The Bertz CT molecular complexity index is 360. The zero-order valence-electron chi connectivity index (χ0n) is 11.1. The maximum atomic E-state index is 12.1. The van der Waals surface area contributed by atoms with Crippen molar-refractivity contribution in [3.05, 3.63) is 0 Å². The molecule has 0 radical (unpaired) electrons. The van der Waals surface area contributed by atoms with Gasteiger partial charge in [-0.2, -0.15) is 0 Å². The molecule has 2 rings (SSSR count). The molecular formula is C13H20NO4-. The number of amides is 1. The summed E-state index contributed by atoms with van der Waals surface area (Å²) in [7, 11) is 0. The molecule has 0 spiro atoms. The zero-order valence-corrected chi connectivity index (χ0v) is 11.1. The van der Waals surface area contributed by atoms with Crippen LogP contribution < -0.4 is 5.11 Å². The SMILES string of the molecule is CC(C)(C)OC(=O)N1C2CCC(C(=O)[O-])C1CC2. The van der Waals surface area contributed by atoms with Gasteiger partial charge in [0, 0.05) is 24.0 Å². The van der Waals surface area contributed by atoms with Crippen molar-refractivity contribution in [3.8, 4) is 0 Å². The Balaban J connectivity index is 2.13. The predicted molar refractivity (Wildman–Crippen MR) is 62.6 cm³/mol. The first-order valence-electron chi connectivity index (χ1n) is 6.52. The fraction of sp³-hybridized carbons (Fsp3) is 0.846. The highest BCUT2D eigenvalue weighted by atomic mass is 16.6. The highest BCUT2D eigenvalue weighted by Crippen LogP contribution is 2.39. The quantitative estimate of drug-likeness (QED) is 0.697. The molecule has 102 valence electrons. The minimum atomic E-state index is -1.05. The maximum Gasteiger partial charge on any atom is 0.410 e. The number of carbonyl (C=O) groups is 2. The average molecular weight is 254 g/mol. The highest BCUT2D eigenvalue weighted by Gasteiger charge is 2.46. The molecule has 0 aromatic heterocycles. The van der Waals surface area contributed by atoms with Crippen LogP contribution in [-0.4, -0.2) is 34.6 Å². The van der Waals surface area contributed by atoms with E-state index in [-0.39, 0.29) is 18.2 Å². The third kappa shape index (κ3) is 2.44. The van der Waals surface area contributed by atoms with Crippen molar-refractivity contribution in [2.75, 3.05) is 0 Å². The molecule has 2 bridgehead atoms. The van der Waals surface area contributed by atoms with Gasteiger partial charge in [-0.15, -0.1) is 0 Å². The molecule has 1 amide bonds. The van der Waals surface area contributed by atoms with Crippen LogP contribution in [0.15, 0.2) is 0 Å². The van der Waals surface area contributed by atoms with E-state index in [1.54, 1.807) is 4.90 Å². The summed E-state index contributed by atoms with van der Waals surface area (Å²) in [4.78, 5) is 24.9. The van der Waals surface area contributed by atoms with Crippen LogP contribution >= 0.6 is 0 Å². The maximum absolute atomic E-state index is 12.1. The summed E-state index contributed by atoms with van der Waals surface area (Å²) < 4.78 is 5.36. The molecule has 5 nitrogen and oxygen atoms in total. The van der Waals surface area contributed by atoms with E-state index in [1.165, 1.54) is 0 Å². The lowest BCUT2D eigenvalue weighted by Gasteiger charge is -2.40. The Labute approximate surface area is 107 Å². The molecule has 3 atom stereocenters. The van der Waals surface area contributed by atoms with Gasteiger partial charge in [-0.25, -0.2) is 4.79 Å². The van der Waals surface area contributed by atoms with Crippen molar-refractivity contribution >= 4 is 12.1 Å². The Morgan fingerprint density at radius 1 is 1.17 bits per heavy atom. The number of hydrogen-bond acceptors (Lipinski definition) is 4. The summed E-state index contributed by atoms with van der Waals surface area (Å²) in [6.07, 6.45) is 2.56. The highest BCUT2D eigenvalue weighted by molar-refractivity contribution is 5.74. The molecule has 2 saturated heterocycles. The molecule has 0 aliphatic carbocycles. The summed E-state index contributed by atoms with van der Waals surface area (Å²) in [6.45, 7) is 5.44. The molecule has 5 heteroatoms. The van der Waals surface area contributed by atoms with Crippen molar-refractivity contribution in [3.63, 3.8) is 0 Å². The number of ether oxygens (including phenoxy) is 1. The van der Waals surface area contributed by atoms with E-state index in [0.29, 0.717) is 6.42 Å². The lowest BCUT2D eigenvalue weighted by Crippen LogP contribution is -2.53. The number of hydrogen-bond donors (Lipinski definition) is 0. The Morgan fingerprint density at radius 3 is 2.33 bits per heavy atom. The van der Waals surface area contributed by atoms with Crippen LogP contribution in [0.25, 0.3) is 0 Å². The van der Waals surface area contributed by atoms with Crippen LogP contribution in [0.5, 0.6) is 0 Å². The number of rotatable bonds is 1. The van der Waals surface area contributed by atoms with Gasteiger partial charge in [0.15, 0.2) is 0 Å². The Morgan fingerprint density at radius 2 is 1.78 bits per heavy atom.